The summed E-state index contributed by atoms with van der Waals surface area (Å²) in [5.41, 5.74) is 2.09. The molecule has 0 aliphatic carbocycles. The van der Waals surface area contributed by atoms with E-state index in [2.05, 4.69) is 24.1 Å². The summed E-state index contributed by atoms with van der Waals surface area (Å²) >= 11 is 0. The van der Waals surface area contributed by atoms with Gasteiger partial charge >= 0.3 is 0 Å². The molecule has 1 atom stereocenters. The van der Waals surface area contributed by atoms with Gasteiger partial charge in [0.1, 0.15) is 11.4 Å². The SMILES string of the molecule is COC1(c2cccc(-n3nc(CC(C)C)c4cnc(NC(C)=O)cc43)n2)CCOC1. The highest BCUT2D eigenvalue weighted by Crippen LogP contribution is 2.33. The Balaban J connectivity index is 1.85. The number of ether oxygens (including phenoxy) is 2. The molecular weight excluding hydrogens is 382 g/mol. The molecule has 0 spiro atoms. The van der Waals surface area contributed by atoms with Crippen molar-refractivity contribution < 1.29 is 14.3 Å². The third-order valence-corrected chi connectivity index (χ3v) is 5.34. The summed E-state index contributed by atoms with van der Waals surface area (Å²) in [6, 6.07) is 7.69. The molecule has 1 saturated heterocycles. The van der Waals surface area contributed by atoms with Gasteiger partial charge in [0.15, 0.2) is 5.82 Å². The highest BCUT2D eigenvalue weighted by molar-refractivity contribution is 5.91. The lowest BCUT2D eigenvalue weighted by Crippen LogP contribution is -2.30. The minimum atomic E-state index is -0.539. The van der Waals surface area contributed by atoms with Gasteiger partial charge in [0.2, 0.25) is 5.91 Å². The normalized spacial score (nSPS) is 19.0. The van der Waals surface area contributed by atoms with Crippen molar-refractivity contribution in [2.75, 3.05) is 25.6 Å². The van der Waals surface area contributed by atoms with E-state index in [1.165, 1.54) is 6.92 Å². The van der Waals surface area contributed by atoms with Crippen LogP contribution >= 0.6 is 0 Å². The molecule has 158 valence electrons. The van der Waals surface area contributed by atoms with E-state index in [1.54, 1.807) is 13.3 Å². The average Bonchev–Trinajstić information content (AvgIpc) is 3.33. The highest BCUT2D eigenvalue weighted by atomic mass is 16.5. The van der Waals surface area contributed by atoms with Crippen LogP contribution in [0.1, 0.15) is 38.6 Å². The lowest BCUT2D eigenvalue weighted by Gasteiger charge is -2.25. The van der Waals surface area contributed by atoms with Crippen molar-refractivity contribution in [3.05, 3.63) is 41.9 Å². The van der Waals surface area contributed by atoms with Crippen molar-refractivity contribution in [1.29, 1.82) is 0 Å². The second-order valence-electron chi connectivity index (χ2n) is 8.11. The first-order valence-corrected chi connectivity index (χ1v) is 10.2. The highest BCUT2D eigenvalue weighted by Gasteiger charge is 2.38. The number of pyridine rings is 2. The van der Waals surface area contributed by atoms with E-state index >= 15 is 0 Å². The smallest absolute Gasteiger partial charge is 0.222 e. The lowest BCUT2D eigenvalue weighted by atomic mass is 9.98. The quantitative estimate of drug-likeness (QED) is 0.672. The first-order chi connectivity index (χ1) is 14.4. The Labute approximate surface area is 175 Å². The summed E-state index contributed by atoms with van der Waals surface area (Å²) in [6.45, 7) is 6.91. The molecule has 1 aliphatic rings. The zero-order valence-corrected chi connectivity index (χ0v) is 17.8. The molecule has 0 saturated carbocycles. The third kappa shape index (κ3) is 3.80. The van der Waals surface area contributed by atoms with E-state index in [4.69, 9.17) is 19.6 Å². The maximum atomic E-state index is 11.5. The summed E-state index contributed by atoms with van der Waals surface area (Å²) < 4.78 is 13.2. The molecule has 1 unspecified atom stereocenters. The number of methoxy groups -OCH3 is 1. The van der Waals surface area contributed by atoms with Crippen LogP contribution in [0, 0.1) is 5.92 Å². The second-order valence-corrected chi connectivity index (χ2v) is 8.11. The van der Waals surface area contributed by atoms with Gasteiger partial charge in [-0.05, 0) is 24.5 Å². The van der Waals surface area contributed by atoms with Crippen LogP contribution in [0.2, 0.25) is 0 Å². The van der Waals surface area contributed by atoms with Crippen LogP contribution in [0.4, 0.5) is 5.82 Å². The molecule has 0 radical (unpaired) electrons. The van der Waals surface area contributed by atoms with Crippen LogP contribution in [0.25, 0.3) is 16.7 Å². The first-order valence-electron chi connectivity index (χ1n) is 10.2. The molecule has 4 rings (SSSR count). The second kappa shape index (κ2) is 8.12. The van der Waals surface area contributed by atoms with E-state index in [-0.39, 0.29) is 5.91 Å². The predicted molar refractivity (Wildman–Crippen MR) is 114 cm³/mol. The molecule has 30 heavy (non-hydrogen) atoms. The van der Waals surface area contributed by atoms with Crippen LogP contribution in [-0.4, -0.2) is 46.0 Å². The minimum Gasteiger partial charge on any atom is -0.378 e. The molecule has 8 nitrogen and oxygen atoms in total. The Bertz CT molecular complexity index is 1070. The van der Waals surface area contributed by atoms with Crippen molar-refractivity contribution in [3.8, 4) is 5.82 Å². The van der Waals surface area contributed by atoms with E-state index in [0.29, 0.717) is 30.8 Å². The van der Waals surface area contributed by atoms with Gasteiger partial charge in [-0.25, -0.2) is 14.6 Å². The van der Waals surface area contributed by atoms with Crippen LogP contribution in [0.3, 0.4) is 0 Å². The predicted octanol–water partition coefficient (Wildman–Crippen LogP) is 3.23. The Morgan fingerprint density at radius 2 is 2.23 bits per heavy atom. The van der Waals surface area contributed by atoms with E-state index < -0.39 is 5.60 Å². The summed E-state index contributed by atoms with van der Waals surface area (Å²) in [7, 11) is 1.69. The fraction of sp³-hybridized carbons (Fsp3) is 0.455. The number of carbonyl (C=O) groups excluding carboxylic acids is 1. The molecule has 1 N–H and O–H groups in total. The van der Waals surface area contributed by atoms with E-state index in [1.807, 2.05) is 28.9 Å². The minimum absolute atomic E-state index is 0.168. The molecular formula is C22H27N5O3. The first kappa shape index (κ1) is 20.4. The van der Waals surface area contributed by atoms with Crippen molar-refractivity contribution in [2.24, 2.45) is 5.92 Å². The van der Waals surface area contributed by atoms with Gasteiger partial charge < -0.3 is 14.8 Å². The monoisotopic (exact) mass is 409 g/mol. The molecule has 0 aromatic carbocycles. The molecule has 3 aromatic rings. The number of hydrogen-bond acceptors (Lipinski definition) is 6. The molecule has 3 aromatic heterocycles. The topological polar surface area (TPSA) is 91.2 Å². The molecule has 1 aliphatic heterocycles. The molecule has 0 bridgehead atoms. The van der Waals surface area contributed by atoms with Crippen molar-refractivity contribution in [2.45, 2.75) is 39.2 Å². The molecule has 4 heterocycles. The van der Waals surface area contributed by atoms with Crippen LogP contribution in [-0.2, 0) is 26.3 Å². The van der Waals surface area contributed by atoms with Crippen molar-refractivity contribution in [1.82, 2.24) is 19.7 Å². The Kier molecular flexibility index (Phi) is 5.53. The van der Waals surface area contributed by atoms with Gasteiger partial charge in [-0.15, -0.1) is 0 Å². The zero-order valence-electron chi connectivity index (χ0n) is 17.8. The van der Waals surface area contributed by atoms with Gasteiger partial charge in [0.05, 0.1) is 23.5 Å². The number of carbonyl (C=O) groups is 1. The maximum absolute atomic E-state index is 11.5. The summed E-state index contributed by atoms with van der Waals surface area (Å²) in [5, 5.41) is 8.57. The number of hydrogen-bond donors (Lipinski definition) is 1. The average molecular weight is 409 g/mol. The van der Waals surface area contributed by atoms with Gasteiger partial charge in [0, 0.05) is 44.7 Å². The number of aromatic nitrogens is 4. The van der Waals surface area contributed by atoms with Crippen LogP contribution in [0.5, 0.6) is 0 Å². The van der Waals surface area contributed by atoms with Gasteiger partial charge in [-0.1, -0.05) is 19.9 Å². The van der Waals surface area contributed by atoms with Gasteiger partial charge in [0.25, 0.3) is 0 Å². The van der Waals surface area contributed by atoms with Crippen LogP contribution < -0.4 is 5.32 Å². The fourth-order valence-corrected chi connectivity index (χ4v) is 3.84. The van der Waals surface area contributed by atoms with Gasteiger partial charge in [-0.2, -0.15) is 5.10 Å². The number of nitrogens with zero attached hydrogens (tertiary/aromatic N) is 4. The van der Waals surface area contributed by atoms with Crippen LogP contribution in [0.15, 0.2) is 30.5 Å². The number of amides is 1. The maximum Gasteiger partial charge on any atom is 0.222 e. The largest absolute Gasteiger partial charge is 0.378 e. The Hall–Kier alpha value is -2.84. The molecule has 1 amide bonds. The number of fused-ring (bicyclic) bond motifs is 1. The zero-order chi connectivity index (χ0) is 21.3. The molecule has 1 fully saturated rings. The standard InChI is InChI=1S/C22H27N5O3/c1-14(2)10-17-16-12-23-20(24-15(3)28)11-18(16)27(26-17)21-7-5-6-19(25-21)22(29-4)8-9-30-13-22/h5-7,11-12,14H,8-10,13H2,1-4H3,(H,23,24,28). The lowest BCUT2D eigenvalue weighted by molar-refractivity contribution is -0.114. The van der Waals surface area contributed by atoms with Gasteiger partial charge in [-0.3, -0.25) is 4.79 Å². The number of anilines is 1. The fourth-order valence-electron chi connectivity index (χ4n) is 3.84. The number of rotatable bonds is 6. The van der Waals surface area contributed by atoms with E-state index in [0.717, 1.165) is 35.1 Å². The summed E-state index contributed by atoms with van der Waals surface area (Å²) in [6.07, 6.45) is 3.35. The van der Waals surface area contributed by atoms with E-state index in [9.17, 15) is 4.79 Å². The summed E-state index contributed by atoms with van der Waals surface area (Å²) in [4.78, 5) is 20.8. The van der Waals surface area contributed by atoms with Crippen molar-refractivity contribution in [3.63, 3.8) is 0 Å². The van der Waals surface area contributed by atoms with Crippen molar-refractivity contribution >= 4 is 22.6 Å². The Morgan fingerprint density at radius 3 is 2.90 bits per heavy atom. The summed E-state index contributed by atoms with van der Waals surface area (Å²) in [5.74, 6) is 1.45. The molecule has 8 heteroatoms. The third-order valence-electron chi connectivity index (χ3n) is 5.34. The number of nitrogens with one attached hydrogen (secondary N) is 1. The Morgan fingerprint density at radius 1 is 1.40 bits per heavy atom.